The molecule has 2 aromatic heterocycles. The lowest BCUT2D eigenvalue weighted by molar-refractivity contribution is -0.139. The van der Waals surface area contributed by atoms with E-state index in [0.29, 0.717) is 11.4 Å². The van der Waals surface area contributed by atoms with Crippen LogP contribution >= 0.6 is 0 Å². The summed E-state index contributed by atoms with van der Waals surface area (Å²) < 4.78 is 6.49. The van der Waals surface area contributed by atoms with Gasteiger partial charge in [0.2, 0.25) is 5.56 Å². The third kappa shape index (κ3) is 3.26. The number of hydrogen-bond acceptors (Lipinski definition) is 6. The Bertz CT molecular complexity index is 650. The summed E-state index contributed by atoms with van der Waals surface area (Å²) in [6.45, 7) is 0.179. The molecule has 0 aliphatic rings. The summed E-state index contributed by atoms with van der Waals surface area (Å²) in [5, 5.41) is 20.0. The van der Waals surface area contributed by atoms with Crippen molar-refractivity contribution in [3.05, 3.63) is 28.7 Å². The van der Waals surface area contributed by atoms with E-state index in [-0.39, 0.29) is 18.5 Å². The largest absolute Gasteiger partial charge is 0.481 e. The number of aromatic nitrogens is 5. The molecule has 106 valence electrons. The normalized spacial score (nSPS) is 12.2. The van der Waals surface area contributed by atoms with Gasteiger partial charge < -0.3 is 14.8 Å². The van der Waals surface area contributed by atoms with Gasteiger partial charge in [-0.15, -0.1) is 5.10 Å². The SMILES string of the molecule is COC(CC(=O)O)Cn1nnnc1-c1cc[nH]c(=O)c1. The maximum Gasteiger partial charge on any atom is 0.306 e. The number of nitrogens with zero attached hydrogens (tertiary/aromatic N) is 4. The number of ether oxygens (including phenoxy) is 1. The van der Waals surface area contributed by atoms with Crippen molar-refractivity contribution in [1.29, 1.82) is 0 Å². The standard InChI is InChI=1S/C11H13N5O4/c1-20-8(5-10(18)19)6-16-11(13-14-15-16)7-2-3-12-9(17)4-7/h2-4,8H,5-6H2,1H3,(H,12,17)(H,18,19). The van der Waals surface area contributed by atoms with Crippen molar-refractivity contribution in [1.82, 2.24) is 25.2 Å². The van der Waals surface area contributed by atoms with Crippen molar-refractivity contribution < 1.29 is 14.6 Å². The number of methoxy groups -OCH3 is 1. The van der Waals surface area contributed by atoms with E-state index in [9.17, 15) is 9.59 Å². The zero-order valence-corrected chi connectivity index (χ0v) is 10.7. The minimum Gasteiger partial charge on any atom is -0.481 e. The highest BCUT2D eigenvalue weighted by Gasteiger charge is 2.17. The van der Waals surface area contributed by atoms with Gasteiger partial charge in [0.15, 0.2) is 5.82 Å². The molecule has 2 heterocycles. The number of tetrazole rings is 1. The number of aromatic amines is 1. The molecule has 0 spiro atoms. The van der Waals surface area contributed by atoms with Gasteiger partial charge in [-0.25, -0.2) is 4.68 Å². The van der Waals surface area contributed by atoms with Crippen LogP contribution in [0, 0.1) is 0 Å². The first-order valence-corrected chi connectivity index (χ1v) is 5.80. The Morgan fingerprint density at radius 3 is 3.05 bits per heavy atom. The molecule has 0 aliphatic carbocycles. The molecule has 2 rings (SSSR count). The van der Waals surface area contributed by atoms with Gasteiger partial charge in [-0.05, 0) is 16.5 Å². The van der Waals surface area contributed by atoms with E-state index in [1.165, 1.54) is 24.1 Å². The van der Waals surface area contributed by atoms with Crippen LogP contribution in [0.1, 0.15) is 6.42 Å². The highest BCUT2D eigenvalue weighted by molar-refractivity contribution is 5.67. The van der Waals surface area contributed by atoms with Crippen LogP contribution in [0.15, 0.2) is 23.1 Å². The molecule has 1 unspecified atom stereocenters. The predicted octanol–water partition coefficient (Wildman–Crippen LogP) is -0.482. The smallest absolute Gasteiger partial charge is 0.306 e. The first-order chi connectivity index (χ1) is 9.60. The molecule has 2 aromatic rings. The Kier molecular flexibility index (Phi) is 4.20. The zero-order valence-electron chi connectivity index (χ0n) is 10.7. The number of rotatable bonds is 6. The fraction of sp³-hybridized carbons (Fsp3) is 0.364. The lowest BCUT2D eigenvalue weighted by Crippen LogP contribution is -2.23. The summed E-state index contributed by atoms with van der Waals surface area (Å²) >= 11 is 0. The summed E-state index contributed by atoms with van der Waals surface area (Å²) in [5.41, 5.74) is 0.273. The second kappa shape index (κ2) is 6.06. The average molecular weight is 279 g/mol. The number of H-pyrrole nitrogens is 1. The highest BCUT2D eigenvalue weighted by Crippen LogP contribution is 2.14. The molecular weight excluding hydrogens is 266 g/mol. The Morgan fingerprint density at radius 2 is 2.40 bits per heavy atom. The van der Waals surface area contributed by atoms with Gasteiger partial charge in [0.05, 0.1) is 19.1 Å². The molecule has 0 amide bonds. The monoisotopic (exact) mass is 279 g/mol. The number of carboxylic acids is 1. The number of carboxylic acid groups (broad SMARTS) is 1. The molecule has 20 heavy (non-hydrogen) atoms. The van der Waals surface area contributed by atoms with Crippen molar-refractivity contribution in [2.75, 3.05) is 7.11 Å². The van der Waals surface area contributed by atoms with Gasteiger partial charge in [0.25, 0.3) is 0 Å². The minimum atomic E-state index is -0.970. The number of nitrogens with one attached hydrogen (secondary N) is 1. The van der Waals surface area contributed by atoms with E-state index in [0.717, 1.165) is 0 Å². The molecular formula is C11H13N5O4. The topological polar surface area (TPSA) is 123 Å². The second-order valence-electron chi connectivity index (χ2n) is 4.08. The van der Waals surface area contributed by atoms with Crippen LogP contribution in [0.5, 0.6) is 0 Å². The summed E-state index contributed by atoms with van der Waals surface area (Å²) in [5.74, 6) is -0.592. The van der Waals surface area contributed by atoms with Crippen molar-refractivity contribution in [3.8, 4) is 11.4 Å². The number of carbonyl (C=O) groups is 1. The van der Waals surface area contributed by atoms with Crippen LogP contribution in [-0.4, -0.2) is 49.5 Å². The van der Waals surface area contributed by atoms with Crippen LogP contribution < -0.4 is 5.56 Å². The van der Waals surface area contributed by atoms with Crippen LogP contribution in [-0.2, 0) is 16.1 Å². The van der Waals surface area contributed by atoms with E-state index in [2.05, 4.69) is 20.5 Å². The first-order valence-electron chi connectivity index (χ1n) is 5.80. The summed E-state index contributed by atoms with van der Waals surface area (Å²) in [6.07, 6.45) is 0.768. The van der Waals surface area contributed by atoms with Crippen molar-refractivity contribution in [2.24, 2.45) is 0 Å². The molecule has 2 N–H and O–H groups in total. The third-order valence-corrected chi connectivity index (χ3v) is 2.68. The predicted molar refractivity (Wildman–Crippen MR) is 66.9 cm³/mol. The first kappa shape index (κ1) is 13.9. The molecule has 0 fully saturated rings. The van der Waals surface area contributed by atoms with E-state index < -0.39 is 12.1 Å². The molecule has 0 radical (unpaired) electrons. The second-order valence-corrected chi connectivity index (χ2v) is 4.08. The average Bonchev–Trinajstić information content (AvgIpc) is 2.85. The van der Waals surface area contributed by atoms with E-state index in [4.69, 9.17) is 9.84 Å². The van der Waals surface area contributed by atoms with Crippen LogP contribution in [0.2, 0.25) is 0 Å². The Balaban J connectivity index is 2.24. The Hall–Kier alpha value is -2.55. The molecule has 9 nitrogen and oxygen atoms in total. The van der Waals surface area contributed by atoms with Crippen LogP contribution in [0.25, 0.3) is 11.4 Å². The van der Waals surface area contributed by atoms with Crippen molar-refractivity contribution in [3.63, 3.8) is 0 Å². The van der Waals surface area contributed by atoms with Crippen molar-refractivity contribution in [2.45, 2.75) is 19.1 Å². The molecule has 0 saturated heterocycles. The Morgan fingerprint density at radius 1 is 1.60 bits per heavy atom. The van der Waals surface area contributed by atoms with Gasteiger partial charge in [-0.3, -0.25) is 9.59 Å². The zero-order chi connectivity index (χ0) is 14.5. The lowest BCUT2D eigenvalue weighted by atomic mass is 10.2. The van der Waals surface area contributed by atoms with Gasteiger partial charge in [-0.1, -0.05) is 0 Å². The number of pyridine rings is 1. The van der Waals surface area contributed by atoms with E-state index in [1.807, 2.05) is 0 Å². The summed E-state index contributed by atoms with van der Waals surface area (Å²) in [4.78, 5) is 24.5. The maximum atomic E-state index is 11.3. The van der Waals surface area contributed by atoms with Crippen LogP contribution in [0.3, 0.4) is 0 Å². The Labute approximate surface area is 113 Å². The third-order valence-electron chi connectivity index (χ3n) is 2.68. The van der Waals surface area contributed by atoms with Gasteiger partial charge in [0.1, 0.15) is 0 Å². The molecule has 1 atom stereocenters. The van der Waals surface area contributed by atoms with Gasteiger partial charge >= 0.3 is 5.97 Å². The van der Waals surface area contributed by atoms with Crippen LogP contribution in [0.4, 0.5) is 0 Å². The maximum absolute atomic E-state index is 11.3. The highest BCUT2D eigenvalue weighted by atomic mass is 16.5. The minimum absolute atomic E-state index is 0.162. The summed E-state index contributed by atoms with van der Waals surface area (Å²) in [6, 6.07) is 3.02. The summed E-state index contributed by atoms with van der Waals surface area (Å²) in [7, 11) is 1.42. The van der Waals surface area contributed by atoms with E-state index in [1.54, 1.807) is 6.07 Å². The molecule has 9 heteroatoms. The molecule has 0 aromatic carbocycles. The molecule has 0 bridgehead atoms. The molecule has 0 aliphatic heterocycles. The fourth-order valence-corrected chi connectivity index (χ4v) is 1.73. The quantitative estimate of drug-likeness (QED) is 0.731. The van der Waals surface area contributed by atoms with Crippen molar-refractivity contribution >= 4 is 5.97 Å². The fourth-order valence-electron chi connectivity index (χ4n) is 1.73. The number of hydrogen-bond donors (Lipinski definition) is 2. The number of aliphatic carboxylic acids is 1. The molecule has 0 saturated carbocycles. The van der Waals surface area contributed by atoms with Gasteiger partial charge in [0, 0.05) is 24.9 Å². The van der Waals surface area contributed by atoms with Gasteiger partial charge in [-0.2, -0.15) is 0 Å². The van der Waals surface area contributed by atoms with E-state index >= 15 is 0 Å². The lowest BCUT2D eigenvalue weighted by Gasteiger charge is -2.13.